The van der Waals surface area contributed by atoms with Crippen LogP contribution in [0.5, 0.6) is 0 Å². The molecule has 4 aromatic rings. The third-order valence-electron chi connectivity index (χ3n) is 4.01. The van der Waals surface area contributed by atoms with Gasteiger partial charge in [-0.2, -0.15) is 4.68 Å². The maximum absolute atomic E-state index is 4.74. The van der Waals surface area contributed by atoms with Crippen LogP contribution >= 0.6 is 23.1 Å². The van der Waals surface area contributed by atoms with Crippen LogP contribution in [0, 0.1) is 13.8 Å². The van der Waals surface area contributed by atoms with Gasteiger partial charge in [-0.15, -0.1) is 16.4 Å². The van der Waals surface area contributed by atoms with E-state index in [0.717, 1.165) is 44.0 Å². The molecular weight excluding hydrogens is 362 g/mol. The van der Waals surface area contributed by atoms with Crippen LogP contribution in [-0.2, 0) is 5.75 Å². The monoisotopic (exact) mass is 379 g/mol. The number of hydrogen-bond donors (Lipinski definition) is 0. The molecule has 0 aliphatic carbocycles. The van der Waals surface area contributed by atoms with Gasteiger partial charge in [0.25, 0.3) is 0 Å². The van der Waals surface area contributed by atoms with Gasteiger partial charge >= 0.3 is 0 Å². The average molecular weight is 380 g/mol. The standard InChI is InChI=1S/C19H17N5S2/c1-13-7-6-8-14(2)17(13)24-19(21-22-23-24)26-12-16-11-25-18(20-16)15-9-4-3-5-10-15/h3-11H,12H2,1-2H3. The van der Waals surface area contributed by atoms with Gasteiger partial charge in [0.2, 0.25) is 5.16 Å². The van der Waals surface area contributed by atoms with Crippen LogP contribution in [-0.4, -0.2) is 25.2 Å². The molecule has 0 radical (unpaired) electrons. The molecule has 26 heavy (non-hydrogen) atoms. The SMILES string of the molecule is Cc1cccc(C)c1-n1nnnc1SCc1csc(-c2ccccc2)n1. The summed E-state index contributed by atoms with van der Waals surface area (Å²) in [6.45, 7) is 4.15. The highest BCUT2D eigenvalue weighted by atomic mass is 32.2. The topological polar surface area (TPSA) is 56.5 Å². The highest BCUT2D eigenvalue weighted by Gasteiger charge is 2.14. The Hall–Kier alpha value is -2.51. The smallest absolute Gasteiger partial charge is 0.214 e. The molecule has 0 fully saturated rings. The van der Waals surface area contributed by atoms with Crippen molar-refractivity contribution in [2.45, 2.75) is 24.8 Å². The van der Waals surface area contributed by atoms with Gasteiger partial charge < -0.3 is 0 Å². The number of rotatable bonds is 5. The van der Waals surface area contributed by atoms with Crippen molar-refractivity contribution in [2.75, 3.05) is 0 Å². The number of benzene rings is 2. The lowest BCUT2D eigenvalue weighted by molar-refractivity contribution is 0.747. The molecular formula is C19H17N5S2. The fourth-order valence-electron chi connectivity index (χ4n) is 2.77. The number of para-hydroxylation sites is 1. The molecule has 0 saturated carbocycles. The van der Waals surface area contributed by atoms with Gasteiger partial charge in [0, 0.05) is 16.7 Å². The number of thioether (sulfide) groups is 1. The fraction of sp³-hybridized carbons (Fsp3) is 0.158. The Kier molecular flexibility index (Phi) is 4.81. The fourth-order valence-corrected chi connectivity index (χ4v) is 4.47. The number of thiazole rings is 1. The third kappa shape index (κ3) is 3.40. The van der Waals surface area contributed by atoms with Crippen molar-refractivity contribution in [1.29, 1.82) is 0 Å². The van der Waals surface area contributed by atoms with E-state index < -0.39 is 0 Å². The van der Waals surface area contributed by atoms with Crippen LogP contribution in [0.4, 0.5) is 0 Å². The van der Waals surface area contributed by atoms with Crippen LogP contribution in [0.15, 0.2) is 59.1 Å². The van der Waals surface area contributed by atoms with Gasteiger partial charge in [-0.25, -0.2) is 4.98 Å². The molecule has 2 aromatic heterocycles. The minimum atomic E-state index is 0.731. The molecule has 5 nitrogen and oxygen atoms in total. The van der Waals surface area contributed by atoms with E-state index in [0.29, 0.717) is 0 Å². The summed E-state index contributed by atoms with van der Waals surface area (Å²) in [7, 11) is 0. The second-order valence-corrected chi connectivity index (χ2v) is 7.71. The number of hydrogen-bond acceptors (Lipinski definition) is 6. The molecule has 0 amide bonds. The first-order valence-corrected chi connectivity index (χ1v) is 10.1. The van der Waals surface area contributed by atoms with Gasteiger partial charge in [0.15, 0.2) is 0 Å². The molecule has 4 rings (SSSR count). The normalized spacial score (nSPS) is 11.0. The number of aromatic nitrogens is 5. The van der Waals surface area contributed by atoms with E-state index >= 15 is 0 Å². The van der Waals surface area contributed by atoms with Gasteiger partial charge in [0.05, 0.1) is 11.4 Å². The molecule has 2 aromatic carbocycles. The molecule has 7 heteroatoms. The van der Waals surface area contributed by atoms with Crippen molar-refractivity contribution in [3.63, 3.8) is 0 Å². The molecule has 0 saturated heterocycles. The molecule has 0 N–H and O–H groups in total. The summed E-state index contributed by atoms with van der Waals surface area (Å²) in [5.41, 5.74) is 5.53. The summed E-state index contributed by atoms with van der Waals surface area (Å²) in [5.74, 6) is 0.731. The van der Waals surface area contributed by atoms with Crippen molar-refractivity contribution < 1.29 is 0 Å². The van der Waals surface area contributed by atoms with E-state index in [2.05, 4.69) is 59.0 Å². The first-order chi connectivity index (χ1) is 12.7. The van der Waals surface area contributed by atoms with Crippen LogP contribution in [0.2, 0.25) is 0 Å². The van der Waals surface area contributed by atoms with Gasteiger partial charge in [-0.1, -0.05) is 60.3 Å². The second-order valence-electron chi connectivity index (χ2n) is 5.91. The zero-order valence-corrected chi connectivity index (χ0v) is 16.1. The lowest BCUT2D eigenvalue weighted by Gasteiger charge is -2.10. The predicted molar refractivity (Wildman–Crippen MR) is 106 cm³/mol. The zero-order valence-electron chi connectivity index (χ0n) is 14.5. The third-order valence-corrected chi connectivity index (χ3v) is 5.91. The quantitative estimate of drug-likeness (QED) is 0.471. The lowest BCUT2D eigenvalue weighted by Crippen LogP contribution is -2.04. The van der Waals surface area contributed by atoms with Crippen molar-refractivity contribution in [3.8, 4) is 16.3 Å². The Bertz CT molecular complexity index is 1000. The van der Waals surface area contributed by atoms with E-state index in [1.165, 1.54) is 0 Å². The minimum absolute atomic E-state index is 0.731. The molecule has 0 spiro atoms. The summed E-state index contributed by atoms with van der Waals surface area (Å²) >= 11 is 3.26. The average Bonchev–Trinajstić information content (AvgIpc) is 3.30. The van der Waals surface area contributed by atoms with Crippen LogP contribution in [0.1, 0.15) is 16.8 Å². The predicted octanol–water partition coefficient (Wildman–Crippen LogP) is 4.69. The molecule has 0 unspecified atom stereocenters. The summed E-state index contributed by atoms with van der Waals surface area (Å²) < 4.78 is 1.82. The highest BCUT2D eigenvalue weighted by molar-refractivity contribution is 7.98. The van der Waals surface area contributed by atoms with Crippen LogP contribution in [0.25, 0.3) is 16.3 Å². The van der Waals surface area contributed by atoms with Gasteiger partial charge in [0.1, 0.15) is 5.01 Å². The maximum Gasteiger partial charge on any atom is 0.214 e. The Balaban J connectivity index is 1.54. The zero-order chi connectivity index (χ0) is 17.9. The largest absolute Gasteiger partial charge is 0.240 e. The second kappa shape index (κ2) is 7.39. The van der Waals surface area contributed by atoms with E-state index in [-0.39, 0.29) is 0 Å². The molecule has 0 aliphatic heterocycles. The highest BCUT2D eigenvalue weighted by Crippen LogP contribution is 2.28. The van der Waals surface area contributed by atoms with E-state index in [1.807, 2.05) is 28.9 Å². The Labute approximate surface area is 160 Å². The molecule has 0 aliphatic rings. The maximum atomic E-state index is 4.74. The first-order valence-electron chi connectivity index (χ1n) is 8.20. The van der Waals surface area contributed by atoms with Crippen molar-refractivity contribution >= 4 is 23.1 Å². The summed E-state index contributed by atoms with van der Waals surface area (Å²) in [4.78, 5) is 4.74. The molecule has 0 bridgehead atoms. The number of nitrogens with zero attached hydrogens (tertiary/aromatic N) is 5. The van der Waals surface area contributed by atoms with Crippen molar-refractivity contribution in [1.82, 2.24) is 25.2 Å². The van der Waals surface area contributed by atoms with Gasteiger partial charge in [-0.3, -0.25) is 0 Å². The van der Waals surface area contributed by atoms with E-state index in [9.17, 15) is 0 Å². The summed E-state index contributed by atoms with van der Waals surface area (Å²) in [6, 6.07) is 16.4. The minimum Gasteiger partial charge on any atom is -0.240 e. The molecule has 2 heterocycles. The summed E-state index contributed by atoms with van der Waals surface area (Å²) in [6.07, 6.45) is 0. The Morgan fingerprint density at radius 2 is 1.77 bits per heavy atom. The summed E-state index contributed by atoms with van der Waals surface area (Å²) in [5, 5.41) is 16.2. The number of tetrazole rings is 1. The van der Waals surface area contributed by atoms with Crippen LogP contribution < -0.4 is 0 Å². The van der Waals surface area contributed by atoms with Crippen LogP contribution in [0.3, 0.4) is 0 Å². The molecule has 0 atom stereocenters. The Morgan fingerprint density at radius 1 is 1.00 bits per heavy atom. The van der Waals surface area contributed by atoms with Gasteiger partial charge in [-0.05, 0) is 35.4 Å². The Morgan fingerprint density at radius 3 is 2.54 bits per heavy atom. The first kappa shape index (κ1) is 16.9. The van der Waals surface area contributed by atoms with E-state index in [4.69, 9.17) is 4.98 Å². The lowest BCUT2D eigenvalue weighted by atomic mass is 10.1. The van der Waals surface area contributed by atoms with Crippen molar-refractivity contribution in [2.24, 2.45) is 0 Å². The van der Waals surface area contributed by atoms with Crippen molar-refractivity contribution in [3.05, 3.63) is 70.7 Å². The number of aryl methyl sites for hydroxylation is 2. The van der Waals surface area contributed by atoms with E-state index in [1.54, 1.807) is 23.1 Å². The molecule has 130 valence electrons.